The highest BCUT2D eigenvalue weighted by molar-refractivity contribution is 8.06. The second-order valence-corrected chi connectivity index (χ2v) is 9.16. The standard InChI is InChI=1S/C28H45N3S/c1-11-14-15-26(24(9)29)23(8)27(31-18-25(13-3)17-30-10)16-22(7)28(21(6)12-2)32-19-20(4)5/h13,15-17,19,29,31H,11-12,14,18H2,1-10H3/b22-16+,25-13+,26-15-,27-23+,28-21+,29-24?,30-17?. The van der Waals surface area contributed by atoms with Crippen molar-refractivity contribution in [3.8, 4) is 0 Å². The van der Waals surface area contributed by atoms with Gasteiger partial charge in [0.1, 0.15) is 0 Å². The van der Waals surface area contributed by atoms with E-state index in [1.165, 1.54) is 21.6 Å². The number of hydrogen-bond acceptors (Lipinski definition) is 4. The maximum Gasteiger partial charge on any atom is 0.0412 e. The number of nitrogens with one attached hydrogen (secondary N) is 2. The molecule has 178 valence electrons. The average Bonchev–Trinajstić information content (AvgIpc) is 2.74. The van der Waals surface area contributed by atoms with Crippen molar-refractivity contribution in [3.63, 3.8) is 0 Å². The van der Waals surface area contributed by atoms with Gasteiger partial charge in [-0.2, -0.15) is 0 Å². The quantitative estimate of drug-likeness (QED) is 0.216. The number of thioether (sulfide) groups is 1. The first-order valence-electron chi connectivity index (χ1n) is 11.6. The fourth-order valence-electron chi connectivity index (χ4n) is 3.05. The molecular weight excluding hydrogens is 410 g/mol. The van der Waals surface area contributed by atoms with Gasteiger partial charge in [0.05, 0.1) is 0 Å². The number of aliphatic imine (C=N–C) groups is 1. The third-order valence-electron chi connectivity index (χ3n) is 5.05. The molecule has 0 aromatic rings. The van der Waals surface area contributed by atoms with Crippen molar-refractivity contribution in [2.24, 2.45) is 4.99 Å². The molecule has 0 saturated heterocycles. The number of hydrogen-bond donors (Lipinski definition) is 2. The first kappa shape index (κ1) is 29.9. The number of rotatable bonds is 13. The number of unbranched alkanes of at least 4 members (excludes halogenated alkanes) is 1. The molecule has 0 heterocycles. The van der Waals surface area contributed by atoms with Crippen LogP contribution in [-0.4, -0.2) is 25.5 Å². The molecule has 0 aromatic heterocycles. The Kier molecular flexibility index (Phi) is 15.5. The van der Waals surface area contributed by atoms with E-state index in [1.807, 2.05) is 20.1 Å². The van der Waals surface area contributed by atoms with Gasteiger partial charge in [-0.15, -0.1) is 0 Å². The maximum atomic E-state index is 8.35. The van der Waals surface area contributed by atoms with Gasteiger partial charge in [-0.1, -0.05) is 55.3 Å². The smallest absolute Gasteiger partial charge is 0.0412 e. The van der Waals surface area contributed by atoms with Crippen LogP contribution < -0.4 is 5.32 Å². The monoisotopic (exact) mass is 455 g/mol. The van der Waals surface area contributed by atoms with Crippen LogP contribution in [0.25, 0.3) is 0 Å². The summed E-state index contributed by atoms with van der Waals surface area (Å²) in [6, 6.07) is 0. The van der Waals surface area contributed by atoms with Crippen LogP contribution in [0.2, 0.25) is 0 Å². The minimum Gasteiger partial charge on any atom is -0.381 e. The molecule has 0 amide bonds. The summed E-state index contributed by atoms with van der Waals surface area (Å²) in [5.41, 5.74) is 8.83. The first-order chi connectivity index (χ1) is 15.1. The molecule has 3 nitrogen and oxygen atoms in total. The van der Waals surface area contributed by atoms with Gasteiger partial charge in [0.25, 0.3) is 0 Å². The molecule has 0 spiro atoms. The highest BCUT2D eigenvalue weighted by atomic mass is 32.2. The summed E-state index contributed by atoms with van der Waals surface area (Å²) in [6.07, 6.45) is 11.5. The largest absolute Gasteiger partial charge is 0.381 e. The van der Waals surface area contributed by atoms with E-state index in [1.54, 1.807) is 18.8 Å². The Morgan fingerprint density at radius 3 is 2.19 bits per heavy atom. The van der Waals surface area contributed by atoms with E-state index in [-0.39, 0.29) is 0 Å². The van der Waals surface area contributed by atoms with Crippen LogP contribution in [0.1, 0.15) is 81.6 Å². The molecule has 0 aliphatic carbocycles. The Balaban J connectivity index is 6.58. The lowest BCUT2D eigenvalue weighted by atomic mass is 9.98. The van der Waals surface area contributed by atoms with E-state index in [0.29, 0.717) is 12.3 Å². The molecule has 0 fully saturated rings. The summed E-state index contributed by atoms with van der Waals surface area (Å²) in [5.74, 6) is 0. The lowest BCUT2D eigenvalue weighted by Crippen LogP contribution is -2.19. The molecule has 0 bridgehead atoms. The van der Waals surface area contributed by atoms with Crippen molar-refractivity contribution in [3.05, 3.63) is 67.7 Å². The zero-order valence-electron chi connectivity index (χ0n) is 22.1. The summed E-state index contributed by atoms with van der Waals surface area (Å²) in [6.45, 7) is 19.8. The summed E-state index contributed by atoms with van der Waals surface area (Å²) in [5, 5.41) is 14.2. The minimum absolute atomic E-state index is 0.599. The average molecular weight is 456 g/mol. The Bertz CT molecular complexity index is 842. The van der Waals surface area contributed by atoms with Crippen molar-refractivity contribution in [1.82, 2.24) is 5.32 Å². The molecule has 0 aliphatic rings. The topological polar surface area (TPSA) is 48.2 Å². The van der Waals surface area contributed by atoms with Crippen LogP contribution in [0.15, 0.2) is 72.7 Å². The maximum absolute atomic E-state index is 8.35. The van der Waals surface area contributed by atoms with Crippen LogP contribution in [0.5, 0.6) is 0 Å². The van der Waals surface area contributed by atoms with Gasteiger partial charge >= 0.3 is 0 Å². The van der Waals surface area contributed by atoms with E-state index in [2.05, 4.69) is 82.4 Å². The molecule has 4 heteroatoms. The number of nitrogens with zero attached hydrogens (tertiary/aromatic N) is 1. The predicted octanol–water partition coefficient (Wildman–Crippen LogP) is 8.55. The van der Waals surface area contributed by atoms with E-state index in [9.17, 15) is 0 Å². The molecular formula is C28H45N3S. The van der Waals surface area contributed by atoms with Gasteiger partial charge in [0.15, 0.2) is 0 Å². The van der Waals surface area contributed by atoms with Crippen LogP contribution in [0, 0.1) is 5.41 Å². The van der Waals surface area contributed by atoms with Crippen molar-refractivity contribution < 1.29 is 0 Å². The van der Waals surface area contributed by atoms with Crippen LogP contribution >= 0.6 is 11.8 Å². The van der Waals surface area contributed by atoms with Crippen LogP contribution in [0.3, 0.4) is 0 Å². The Morgan fingerprint density at radius 1 is 1.06 bits per heavy atom. The molecule has 2 N–H and O–H groups in total. The fraction of sp³-hybridized carbons (Fsp3) is 0.500. The van der Waals surface area contributed by atoms with Crippen molar-refractivity contribution in [2.75, 3.05) is 13.6 Å². The van der Waals surface area contributed by atoms with Gasteiger partial charge in [0.2, 0.25) is 0 Å². The molecule has 0 radical (unpaired) electrons. The zero-order valence-corrected chi connectivity index (χ0v) is 22.9. The fourth-order valence-corrected chi connectivity index (χ4v) is 3.99. The SMILES string of the molecule is C/C=C(\C=NC)CNC(/C=C(C)/C(SC=C(C)C)=C(/C)CC)=C(C)/C(=C/CCC)C(C)=N. The van der Waals surface area contributed by atoms with Crippen molar-refractivity contribution in [1.29, 1.82) is 5.41 Å². The van der Waals surface area contributed by atoms with Crippen molar-refractivity contribution in [2.45, 2.75) is 81.6 Å². The van der Waals surface area contributed by atoms with E-state index in [0.717, 1.165) is 41.7 Å². The summed E-state index contributed by atoms with van der Waals surface area (Å²) >= 11 is 1.80. The second kappa shape index (κ2) is 16.5. The van der Waals surface area contributed by atoms with Gasteiger partial charge < -0.3 is 10.7 Å². The lowest BCUT2D eigenvalue weighted by Gasteiger charge is -2.17. The Morgan fingerprint density at radius 2 is 1.72 bits per heavy atom. The predicted molar refractivity (Wildman–Crippen MR) is 149 cm³/mol. The van der Waals surface area contributed by atoms with E-state index >= 15 is 0 Å². The molecule has 0 rings (SSSR count). The molecule has 0 saturated carbocycles. The summed E-state index contributed by atoms with van der Waals surface area (Å²) < 4.78 is 0. The Labute approximate surface area is 202 Å². The summed E-state index contributed by atoms with van der Waals surface area (Å²) in [7, 11) is 1.80. The Hall–Kier alpha value is -2.07. The molecule has 0 aliphatic heterocycles. The van der Waals surface area contributed by atoms with Gasteiger partial charge in [0, 0.05) is 36.1 Å². The molecule has 32 heavy (non-hydrogen) atoms. The zero-order chi connectivity index (χ0) is 24.7. The summed E-state index contributed by atoms with van der Waals surface area (Å²) in [4.78, 5) is 5.48. The highest BCUT2D eigenvalue weighted by Crippen LogP contribution is 2.32. The lowest BCUT2D eigenvalue weighted by molar-refractivity contribution is 0.898. The van der Waals surface area contributed by atoms with E-state index < -0.39 is 0 Å². The first-order valence-corrected chi connectivity index (χ1v) is 12.5. The van der Waals surface area contributed by atoms with Crippen LogP contribution in [0.4, 0.5) is 0 Å². The van der Waals surface area contributed by atoms with E-state index in [4.69, 9.17) is 5.41 Å². The van der Waals surface area contributed by atoms with Crippen molar-refractivity contribution >= 4 is 23.7 Å². The number of allylic oxidation sites excluding steroid dienone is 8. The third kappa shape index (κ3) is 11.0. The third-order valence-corrected chi connectivity index (χ3v) is 6.54. The molecule has 0 unspecified atom stereocenters. The highest BCUT2D eigenvalue weighted by Gasteiger charge is 2.11. The minimum atomic E-state index is 0.599. The van der Waals surface area contributed by atoms with Gasteiger partial charge in [-0.25, -0.2) is 0 Å². The normalized spacial score (nSPS) is 14.9. The molecule has 0 atom stereocenters. The second-order valence-electron chi connectivity index (χ2n) is 8.28. The van der Waals surface area contributed by atoms with Crippen LogP contribution in [-0.2, 0) is 0 Å². The molecule has 0 aromatic carbocycles. The van der Waals surface area contributed by atoms with Gasteiger partial charge in [-0.05, 0) is 95.1 Å². The van der Waals surface area contributed by atoms with Gasteiger partial charge in [-0.3, -0.25) is 4.99 Å².